The summed E-state index contributed by atoms with van der Waals surface area (Å²) in [5.74, 6) is 0.755. The molecule has 7 nitrogen and oxygen atoms in total. The lowest BCUT2D eigenvalue weighted by Gasteiger charge is -2.06. The van der Waals surface area contributed by atoms with Crippen molar-refractivity contribution in [3.05, 3.63) is 77.2 Å². The summed E-state index contributed by atoms with van der Waals surface area (Å²) in [6.07, 6.45) is 4.78. The monoisotopic (exact) mass is 333 g/mol. The Hall–Kier alpha value is -3.48. The molecule has 0 radical (unpaired) electrons. The largest absolute Gasteiger partial charge is 0.497 e. The molecule has 4 aromatic rings. The molecule has 3 heterocycles. The van der Waals surface area contributed by atoms with Crippen LogP contribution in [-0.2, 0) is 6.54 Å². The van der Waals surface area contributed by atoms with Gasteiger partial charge in [0.25, 0.3) is 5.56 Å². The Morgan fingerprint density at radius 2 is 1.92 bits per heavy atom. The molecular formula is C18H15N5O2. The van der Waals surface area contributed by atoms with Crippen molar-refractivity contribution in [1.82, 2.24) is 24.3 Å². The minimum atomic E-state index is -0.143. The molecule has 0 amide bonds. The van der Waals surface area contributed by atoms with Gasteiger partial charge in [0.2, 0.25) is 0 Å². The summed E-state index contributed by atoms with van der Waals surface area (Å²) in [5.41, 5.74) is 1.99. The fourth-order valence-corrected chi connectivity index (χ4v) is 2.64. The van der Waals surface area contributed by atoms with Gasteiger partial charge in [-0.15, -0.1) is 0 Å². The van der Waals surface area contributed by atoms with E-state index in [1.165, 1.54) is 10.9 Å². The number of nitrogens with zero attached hydrogens (tertiary/aromatic N) is 5. The molecular weight excluding hydrogens is 318 g/mol. The highest BCUT2D eigenvalue weighted by Gasteiger charge is 2.12. The number of fused-ring (bicyclic) bond motifs is 1. The zero-order chi connectivity index (χ0) is 17.2. The van der Waals surface area contributed by atoms with Crippen molar-refractivity contribution < 1.29 is 4.74 Å². The van der Waals surface area contributed by atoms with Crippen LogP contribution in [0.5, 0.6) is 5.75 Å². The van der Waals surface area contributed by atoms with Crippen molar-refractivity contribution in [3.63, 3.8) is 0 Å². The van der Waals surface area contributed by atoms with E-state index in [4.69, 9.17) is 4.74 Å². The van der Waals surface area contributed by atoms with E-state index in [2.05, 4.69) is 15.1 Å². The zero-order valence-corrected chi connectivity index (χ0v) is 13.5. The quantitative estimate of drug-likeness (QED) is 0.571. The van der Waals surface area contributed by atoms with Crippen LogP contribution >= 0.6 is 0 Å². The molecule has 25 heavy (non-hydrogen) atoms. The second-order valence-electron chi connectivity index (χ2n) is 5.49. The highest BCUT2D eigenvalue weighted by molar-refractivity contribution is 5.75. The molecule has 0 aliphatic carbocycles. The summed E-state index contributed by atoms with van der Waals surface area (Å²) in [5, 5.41) is 4.78. The van der Waals surface area contributed by atoms with Crippen LogP contribution in [0.2, 0.25) is 0 Å². The molecule has 0 spiro atoms. The van der Waals surface area contributed by atoms with Gasteiger partial charge in [-0.3, -0.25) is 14.3 Å². The average molecular weight is 333 g/mol. The minimum absolute atomic E-state index is 0.143. The van der Waals surface area contributed by atoms with E-state index in [0.29, 0.717) is 17.6 Å². The van der Waals surface area contributed by atoms with Crippen LogP contribution in [0.15, 0.2) is 66.0 Å². The zero-order valence-electron chi connectivity index (χ0n) is 13.5. The van der Waals surface area contributed by atoms with Gasteiger partial charge in [-0.05, 0) is 36.4 Å². The van der Waals surface area contributed by atoms with E-state index < -0.39 is 0 Å². The second-order valence-corrected chi connectivity index (χ2v) is 5.49. The smallest absolute Gasteiger partial charge is 0.264 e. The minimum Gasteiger partial charge on any atom is -0.497 e. The molecule has 0 saturated carbocycles. The van der Waals surface area contributed by atoms with Crippen LogP contribution in [0.3, 0.4) is 0 Å². The van der Waals surface area contributed by atoms with Gasteiger partial charge >= 0.3 is 0 Å². The van der Waals surface area contributed by atoms with E-state index in [9.17, 15) is 4.79 Å². The summed E-state index contributed by atoms with van der Waals surface area (Å²) in [6, 6.07) is 13.0. The van der Waals surface area contributed by atoms with Crippen molar-refractivity contribution in [2.75, 3.05) is 7.11 Å². The van der Waals surface area contributed by atoms with Crippen molar-refractivity contribution in [1.29, 1.82) is 0 Å². The molecule has 0 aliphatic rings. The standard InChI is InChI=1S/C18H15N5O2/c1-25-15-7-5-14(6-8-15)23-17-16(10-21-23)18(24)22(12-20-17)11-13-4-2-3-9-19-13/h2-10,12H,11H2,1H3. The predicted octanol–water partition coefficient (Wildman–Crippen LogP) is 2.03. The predicted molar refractivity (Wildman–Crippen MR) is 93.0 cm³/mol. The third-order valence-electron chi connectivity index (χ3n) is 3.93. The Morgan fingerprint density at radius 1 is 1.08 bits per heavy atom. The van der Waals surface area contributed by atoms with Crippen LogP contribution in [-0.4, -0.2) is 31.4 Å². The van der Waals surface area contributed by atoms with Gasteiger partial charge in [0.1, 0.15) is 17.5 Å². The lowest BCUT2D eigenvalue weighted by atomic mass is 10.3. The van der Waals surface area contributed by atoms with Crippen LogP contribution in [0.4, 0.5) is 0 Å². The molecule has 0 atom stereocenters. The first-order chi connectivity index (χ1) is 12.3. The Labute approximate surface area is 143 Å². The maximum absolute atomic E-state index is 12.7. The highest BCUT2D eigenvalue weighted by Crippen LogP contribution is 2.17. The van der Waals surface area contributed by atoms with Gasteiger partial charge in [-0.1, -0.05) is 6.07 Å². The molecule has 4 rings (SSSR count). The lowest BCUT2D eigenvalue weighted by Crippen LogP contribution is -2.21. The van der Waals surface area contributed by atoms with Gasteiger partial charge in [0, 0.05) is 6.20 Å². The number of benzene rings is 1. The number of pyridine rings is 1. The number of rotatable bonds is 4. The Balaban J connectivity index is 1.75. The first-order valence-electron chi connectivity index (χ1n) is 7.74. The maximum Gasteiger partial charge on any atom is 0.264 e. The fourth-order valence-electron chi connectivity index (χ4n) is 2.64. The van der Waals surface area contributed by atoms with E-state index in [1.54, 1.807) is 24.2 Å². The van der Waals surface area contributed by atoms with Crippen LogP contribution in [0.25, 0.3) is 16.7 Å². The van der Waals surface area contributed by atoms with Crippen molar-refractivity contribution in [2.45, 2.75) is 6.54 Å². The molecule has 1 aromatic carbocycles. The Morgan fingerprint density at radius 3 is 2.64 bits per heavy atom. The summed E-state index contributed by atoms with van der Waals surface area (Å²) >= 11 is 0. The van der Waals surface area contributed by atoms with Crippen molar-refractivity contribution in [3.8, 4) is 11.4 Å². The van der Waals surface area contributed by atoms with Crippen molar-refractivity contribution >= 4 is 11.0 Å². The SMILES string of the molecule is COc1ccc(-n2ncc3c(=O)n(Cc4ccccn4)cnc32)cc1. The van der Waals surface area contributed by atoms with Crippen LogP contribution in [0.1, 0.15) is 5.69 Å². The molecule has 0 bridgehead atoms. The average Bonchev–Trinajstić information content (AvgIpc) is 3.10. The molecule has 0 aliphatic heterocycles. The van der Waals surface area contributed by atoms with Gasteiger partial charge in [-0.25, -0.2) is 9.67 Å². The number of aromatic nitrogens is 5. The first kappa shape index (κ1) is 15.1. The van der Waals surface area contributed by atoms with E-state index >= 15 is 0 Å². The lowest BCUT2D eigenvalue weighted by molar-refractivity contribution is 0.414. The van der Waals surface area contributed by atoms with Crippen molar-refractivity contribution in [2.24, 2.45) is 0 Å². The van der Waals surface area contributed by atoms with Crippen LogP contribution < -0.4 is 10.3 Å². The number of ether oxygens (including phenoxy) is 1. The molecule has 124 valence electrons. The summed E-state index contributed by atoms with van der Waals surface area (Å²) in [4.78, 5) is 21.4. The summed E-state index contributed by atoms with van der Waals surface area (Å²) < 4.78 is 8.33. The molecule has 0 N–H and O–H groups in total. The second kappa shape index (κ2) is 6.20. The number of hydrogen-bond acceptors (Lipinski definition) is 5. The molecule has 7 heteroatoms. The summed E-state index contributed by atoms with van der Waals surface area (Å²) in [6.45, 7) is 0.371. The Bertz CT molecular complexity index is 1070. The molecule has 0 unspecified atom stereocenters. The normalized spacial score (nSPS) is 10.9. The van der Waals surface area contributed by atoms with Gasteiger partial charge in [-0.2, -0.15) is 5.10 Å². The number of methoxy groups -OCH3 is 1. The van der Waals surface area contributed by atoms with Gasteiger partial charge < -0.3 is 4.74 Å². The Kier molecular flexibility index (Phi) is 3.74. The van der Waals surface area contributed by atoms with Gasteiger partial charge in [0.15, 0.2) is 5.65 Å². The first-order valence-corrected chi connectivity index (χ1v) is 7.74. The third kappa shape index (κ3) is 2.76. The third-order valence-corrected chi connectivity index (χ3v) is 3.93. The maximum atomic E-state index is 12.7. The fraction of sp³-hybridized carbons (Fsp3) is 0.111. The van der Waals surface area contributed by atoms with Crippen LogP contribution in [0, 0.1) is 0 Å². The number of hydrogen-bond donors (Lipinski definition) is 0. The molecule has 3 aromatic heterocycles. The van der Waals surface area contributed by atoms with Gasteiger partial charge in [0.05, 0.1) is 31.2 Å². The van der Waals surface area contributed by atoms with E-state index in [-0.39, 0.29) is 5.56 Å². The van der Waals surface area contributed by atoms with E-state index in [0.717, 1.165) is 17.1 Å². The molecule has 0 saturated heterocycles. The summed E-state index contributed by atoms with van der Waals surface area (Å²) in [7, 11) is 1.62. The topological polar surface area (TPSA) is 74.8 Å². The molecule has 0 fully saturated rings. The highest BCUT2D eigenvalue weighted by atomic mass is 16.5. The van der Waals surface area contributed by atoms with E-state index in [1.807, 2.05) is 42.5 Å².